The van der Waals surface area contributed by atoms with E-state index in [1.165, 1.54) is 12.1 Å². The third-order valence-corrected chi connectivity index (χ3v) is 9.33. The maximum atomic E-state index is 14.0. The van der Waals surface area contributed by atoms with E-state index in [-0.39, 0.29) is 40.9 Å². The number of furan rings is 1. The van der Waals surface area contributed by atoms with Crippen molar-refractivity contribution in [1.29, 1.82) is 0 Å². The first-order chi connectivity index (χ1) is 20.7. The average Bonchev–Trinajstić information content (AvgIpc) is 3.44. The van der Waals surface area contributed by atoms with Gasteiger partial charge in [-0.15, -0.1) is 0 Å². The number of benzene rings is 2. The number of pyridine rings is 1. The Balaban J connectivity index is 1.25. The van der Waals surface area contributed by atoms with Crippen LogP contribution in [0.3, 0.4) is 0 Å². The second-order valence-electron chi connectivity index (χ2n) is 11.7. The van der Waals surface area contributed by atoms with Crippen LogP contribution in [0, 0.1) is 11.7 Å². The Kier molecular flexibility index (Phi) is 6.96. The molecule has 10 heteroatoms. The predicted octanol–water partition coefficient (Wildman–Crippen LogP) is 6.20. The molecule has 2 aromatic carbocycles. The molecule has 0 aliphatic carbocycles. The molecule has 3 unspecified atom stereocenters. The Labute approximate surface area is 256 Å². The van der Waals surface area contributed by atoms with Crippen molar-refractivity contribution in [3.05, 3.63) is 110 Å². The molecule has 1 saturated heterocycles. The SMILES string of the molecule is CC1CCc2cc(F)ccc2N1C(=O)c1ccc(N2CC3CC(C2)c2cccc(=O)n2C3)c(NC(=O)c2ccc(Br)o2)c1. The van der Waals surface area contributed by atoms with Gasteiger partial charge in [0, 0.05) is 54.6 Å². The molecule has 3 aliphatic heterocycles. The number of fused-ring (bicyclic) bond motifs is 5. The summed E-state index contributed by atoms with van der Waals surface area (Å²) in [6.07, 6.45) is 2.41. The average molecular weight is 646 g/mol. The van der Waals surface area contributed by atoms with Crippen LogP contribution in [0.4, 0.5) is 21.5 Å². The number of halogens is 2. The summed E-state index contributed by atoms with van der Waals surface area (Å²) < 4.78 is 21.8. The van der Waals surface area contributed by atoms with Crippen LogP contribution in [0.5, 0.6) is 0 Å². The van der Waals surface area contributed by atoms with Crippen molar-refractivity contribution in [3.63, 3.8) is 0 Å². The number of hydrogen-bond acceptors (Lipinski definition) is 5. The highest BCUT2D eigenvalue weighted by molar-refractivity contribution is 9.10. The number of nitrogens with zero attached hydrogens (tertiary/aromatic N) is 3. The Bertz CT molecular complexity index is 1820. The number of amides is 2. The number of hydrogen-bond donors (Lipinski definition) is 1. The van der Waals surface area contributed by atoms with Crippen LogP contribution in [0.15, 0.2) is 80.6 Å². The van der Waals surface area contributed by atoms with E-state index in [0.29, 0.717) is 47.7 Å². The molecule has 2 bridgehead atoms. The van der Waals surface area contributed by atoms with Gasteiger partial charge in [0.15, 0.2) is 10.4 Å². The summed E-state index contributed by atoms with van der Waals surface area (Å²) in [6, 6.07) is 18.6. The van der Waals surface area contributed by atoms with Gasteiger partial charge in [0.1, 0.15) is 5.82 Å². The van der Waals surface area contributed by atoms with E-state index in [1.54, 1.807) is 41.3 Å². The van der Waals surface area contributed by atoms with Crippen LogP contribution in [0.2, 0.25) is 0 Å². The molecule has 1 N–H and O–H groups in total. The van der Waals surface area contributed by atoms with E-state index in [0.717, 1.165) is 29.8 Å². The molecule has 1 fully saturated rings. The lowest BCUT2D eigenvalue weighted by Crippen LogP contribution is -2.47. The Hall–Kier alpha value is -4.18. The molecule has 2 aromatic heterocycles. The lowest BCUT2D eigenvalue weighted by molar-refractivity contribution is 0.0971. The number of aryl methyl sites for hydroxylation is 1. The van der Waals surface area contributed by atoms with E-state index in [9.17, 15) is 18.8 Å². The van der Waals surface area contributed by atoms with E-state index < -0.39 is 5.91 Å². The highest BCUT2D eigenvalue weighted by Gasteiger charge is 2.36. The third-order valence-electron chi connectivity index (χ3n) is 8.90. The molecule has 0 spiro atoms. The van der Waals surface area contributed by atoms with Crippen molar-refractivity contribution >= 4 is 44.8 Å². The van der Waals surface area contributed by atoms with Gasteiger partial charge in [-0.25, -0.2) is 4.39 Å². The molecule has 0 saturated carbocycles. The van der Waals surface area contributed by atoms with Crippen molar-refractivity contribution in [2.75, 3.05) is 28.2 Å². The zero-order valence-corrected chi connectivity index (χ0v) is 25.1. The minimum absolute atomic E-state index is 0.0253. The van der Waals surface area contributed by atoms with Crippen LogP contribution in [0.1, 0.15) is 57.9 Å². The molecular formula is C33H30BrFN4O4. The van der Waals surface area contributed by atoms with Crippen molar-refractivity contribution in [2.24, 2.45) is 5.92 Å². The Morgan fingerprint density at radius 2 is 1.84 bits per heavy atom. The fourth-order valence-corrected chi connectivity index (χ4v) is 7.23. The number of rotatable bonds is 4. The number of aromatic nitrogens is 1. The molecule has 3 atom stereocenters. The fourth-order valence-electron chi connectivity index (χ4n) is 6.93. The van der Waals surface area contributed by atoms with Crippen molar-refractivity contribution in [1.82, 2.24) is 4.57 Å². The Morgan fingerprint density at radius 1 is 1.00 bits per heavy atom. The van der Waals surface area contributed by atoms with E-state index in [4.69, 9.17) is 4.42 Å². The first-order valence-electron chi connectivity index (χ1n) is 14.5. The Morgan fingerprint density at radius 3 is 2.65 bits per heavy atom. The van der Waals surface area contributed by atoms with E-state index >= 15 is 0 Å². The zero-order valence-electron chi connectivity index (χ0n) is 23.6. The van der Waals surface area contributed by atoms with Gasteiger partial charge in [0.25, 0.3) is 17.4 Å². The molecule has 3 aliphatic rings. The van der Waals surface area contributed by atoms with Gasteiger partial charge < -0.3 is 24.1 Å². The lowest BCUT2D eigenvalue weighted by atomic mass is 9.83. The van der Waals surface area contributed by atoms with Gasteiger partial charge >= 0.3 is 0 Å². The second kappa shape index (κ2) is 10.8. The molecule has 4 aromatic rings. The number of carbonyl (C=O) groups is 2. The number of nitrogens with one attached hydrogen (secondary N) is 1. The summed E-state index contributed by atoms with van der Waals surface area (Å²) in [4.78, 5) is 43.8. The molecule has 220 valence electrons. The lowest BCUT2D eigenvalue weighted by Gasteiger charge is -2.44. The monoisotopic (exact) mass is 644 g/mol. The van der Waals surface area contributed by atoms with E-state index in [1.807, 2.05) is 29.7 Å². The van der Waals surface area contributed by atoms with Crippen LogP contribution in [0.25, 0.3) is 0 Å². The summed E-state index contributed by atoms with van der Waals surface area (Å²) in [7, 11) is 0. The minimum atomic E-state index is -0.433. The summed E-state index contributed by atoms with van der Waals surface area (Å²) >= 11 is 3.25. The van der Waals surface area contributed by atoms with Crippen molar-refractivity contribution in [3.8, 4) is 0 Å². The normalized spacial score (nSPS) is 20.8. The molecule has 43 heavy (non-hydrogen) atoms. The number of carbonyl (C=O) groups excluding carboxylic acids is 2. The molecule has 2 amide bonds. The summed E-state index contributed by atoms with van der Waals surface area (Å²) in [6.45, 7) is 4.02. The largest absolute Gasteiger partial charge is 0.444 e. The highest BCUT2D eigenvalue weighted by Crippen LogP contribution is 2.40. The van der Waals surface area contributed by atoms with Crippen molar-refractivity contribution in [2.45, 2.75) is 44.7 Å². The third kappa shape index (κ3) is 5.07. The van der Waals surface area contributed by atoms with Crippen LogP contribution < -0.4 is 20.7 Å². The molecule has 7 rings (SSSR count). The first kappa shape index (κ1) is 27.6. The van der Waals surface area contributed by atoms with Gasteiger partial charge in [-0.2, -0.15) is 0 Å². The highest BCUT2D eigenvalue weighted by atomic mass is 79.9. The topological polar surface area (TPSA) is 87.8 Å². The van der Waals surface area contributed by atoms with Crippen LogP contribution in [-0.2, 0) is 13.0 Å². The molecule has 8 nitrogen and oxygen atoms in total. The minimum Gasteiger partial charge on any atom is -0.444 e. The standard InChI is InChI=1S/C33H30BrFN4O4/c1-19-5-6-21-14-24(35)8-10-27(21)39(19)33(42)22-7-9-28(25(15-22)36-32(41)29-11-12-30(34)43-29)37-16-20-13-23(18-37)26-3-2-4-31(40)38(26)17-20/h2-4,7-12,14-15,19-20,23H,5-6,13,16-18H2,1H3,(H,36,41). The van der Waals surface area contributed by atoms with Gasteiger partial charge in [0.05, 0.1) is 11.4 Å². The van der Waals surface area contributed by atoms with Gasteiger partial charge in [-0.3, -0.25) is 14.4 Å². The summed E-state index contributed by atoms with van der Waals surface area (Å²) in [5.41, 5.74) is 4.27. The van der Waals surface area contributed by atoms with Crippen LogP contribution >= 0.6 is 15.9 Å². The van der Waals surface area contributed by atoms with Gasteiger partial charge in [-0.1, -0.05) is 6.07 Å². The smallest absolute Gasteiger partial charge is 0.291 e. The van der Waals surface area contributed by atoms with Gasteiger partial charge in [-0.05, 0) is 108 Å². The summed E-state index contributed by atoms with van der Waals surface area (Å²) in [5.74, 6) is -0.399. The summed E-state index contributed by atoms with van der Waals surface area (Å²) in [5, 5.41) is 3.00. The van der Waals surface area contributed by atoms with Crippen LogP contribution in [-0.4, -0.2) is 35.5 Å². The molecular weight excluding hydrogens is 615 g/mol. The molecule has 0 radical (unpaired) electrons. The second-order valence-corrected chi connectivity index (χ2v) is 12.5. The molecule has 5 heterocycles. The quantitative estimate of drug-likeness (QED) is 0.286. The van der Waals surface area contributed by atoms with Gasteiger partial charge in [0.2, 0.25) is 0 Å². The fraction of sp³-hybridized carbons (Fsp3) is 0.303. The number of piperidine rings is 1. The van der Waals surface area contributed by atoms with E-state index in [2.05, 4.69) is 26.1 Å². The predicted molar refractivity (Wildman–Crippen MR) is 166 cm³/mol. The number of anilines is 3. The zero-order chi connectivity index (χ0) is 29.8. The maximum absolute atomic E-state index is 14.0. The van der Waals surface area contributed by atoms with Crippen molar-refractivity contribution < 1.29 is 18.4 Å². The maximum Gasteiger partial charge on any atom is 0.291 e. The first-order valence-corrected chi connectivity index (χ1v) is 15.3.